The van der Waals surface area contributed by atoms with E-state index in [1.807, 2.05) is 0 Å². The van der Waals surface area contributed by atoms with E-state index in [4.69, 9.17) is 33.3 Å². The van der Waals surface area contributed by atoms with Crippen molar-refractivity contribution < 1.29 is 19.8 Å². The highest BCUT2D eigenvalue weighted by Gasteiger charge is 2.36. The van der Waals surface area contributed by atoms with Gasteiger partial charge in [0.05, 0.1) is 5.38 Å². The van der Waals surface area contributed by atoms with Gasteiger partial charge in [-0.15, -0.1) is 11.6 Å². The third kappa shape index (κ3) is 3.91. The summed E-state index contributed by atoms with van der Waals surface area (Å²) in [5.41, 5.74) is 8.42. The molecule has 14 heavy (non-hydrogen) atoms. The van der Waals surface area contributed by atoms with Crippen LogP contribution in [0.1, 0.15) is 19.3 Å². The second-order valence-electron chi connectivity index (χ2n) is 2.99. The maximum absolute atomic E-state index is 10.5. The summed E-state index contributed by atoms with van der Waals surface area (Å²) in [4.78, 5) is 20.7. The zero-order valence-electron chi connectivity index (χ0n) is 7.44. The average Bonchev–Trinajstić information content (AvgIpc) is 2.02. The van der Waals surface area contributed by atoms with Crippen molar-refractivity contribution in [3.8, 4) is 0 Å². The molecule has 0 saturated heterocycles. The molecule has 7 heteroatoms. The number of carbonyl (C=O) groups is 2. The van der Waals surface area contributed by atoms with Crippen molar-refractivity contribution in [1.82, 2.24) is 0 Å². The Morgan fingerprint density at radius 2 is 1.86 bits per heavy atom. The number of carboxylic acids is 2. The van der Waals surface area contributed by atoms with Crippen LogP contribution in [0.4, 0.5) is 0 Å². The van der Waals surface area contributed by atoms with Crippen molar-refractivity contribution in [3.05, 3.63) is 0 Å². The molecule has 0 aliphatic carbocycles. The second-order valence-corrected chi connectivity index (χ2v) is 3.52. The smallest absolute Gasteiger partial charge is 0.340 e. The quantitative estimate of drug-likeness (QED) is 0.357. The number of alkyl halides is 1. The Balaban J connectivity index is 4.01. The van der Waals surface area contributed by atoms with Crippen molar-refractivity contribution in [2.75, 3.05) is 0 Å². The van der Waals surface area contributed by atoms with Crippen molar-refractivity contribution in [3.63, 3.8) is 0 Å². The van der Waals surface area contributed by atoms with Crippen molar-refractivity contribution in [1.29, 1.82) is 0 Å². The Morgan fingerprint density at radius 1 is 1.36 bits per heavy atom. The SMILES string of the molecule is NC(N)(C(=O)O)C(Cl)CCCC(=O)O. The van der Waals surface area contributed by atoms with Gasteiger partial charge in [0, 0.05) is 6.42 Å². The van der Waals surface area contributed by atoms with Crippen molar-refractivity contribution in [2.45, 2.75) is 30.3 Å². The molecule has 0 spiro atoms. The summed E-state index contributed by atoms with van der Waals surface area (Å²) in [5, 5.41) is 15.9. The monoisotopic (exact) mass is 224 g/mol. The molecule has 0 aromatic carbocycles. The van der Waals surface area contributed by atoms with E-state index in [1.165, 1.54) is 0 Å². The van der Waals surface area contributed by atoms with Crippen LogP contribution in [0.2, 0.25) is 0 Å². The first kappa shape index (κ1) is 13.2. The van der Waals surface area contributed by atoms with E-state index in [9.17, 15) is 9.59 Å². The number of carboxylic acid groups (broad SMARTS) is 2. The largest absolute Gasteiger partial charge is 0.481 e. The van der Waals surface area contributed by atoms with E-state index in [2.05, 4.69) is 0 Å². The summed E-state index contributed by atoms with van der Waals surface area (Å²) in [6, 6.07) is 0. The maximum Gasteiger partial charge on any atom is 0.340 e. The van der Waals surface area contributed by atoms with Gasteiger partial charge in [0.15, 0.2) is 5.66 Å². The third-order valence-corrected chi connectivity index (χ3v) is 2.32. The summed E-state index contributed by atoms with van der Waals surface area (Å²) in [6.07, 6.45) is 0.305. The standard InChI is InChI=1S/C7H13ClN2O4/c8-4(2-1-3-5(11)12)7(9,10)6(13)14/h4H,1-3,9-10H2,(H,11,12)(H,13,14). The average molecular weight is 225 g/mol. The molecule has 0 heterocycles. The highest BCUT2D eigenvalue weighted by Crippen LogP contribution is 2.15. The van der Waals surface area contributed by atoms with Gasteiger partial charge in [-0.05, 0) is 12.8 Å². The van der Waals surface area contributed by atoms with Gasteiger partial charge in [0.25, 0.3) is 0 Å². The van der Waals surface area contributed by atoms with Crippen LogP contribution in [-0.4, -0.2) is 33.2 Å². The minimum absolute atomic E-state index is 0.0844. The Bertz CT molecular complexity index is 232. The van der Waals surface area contributed by atoms with Crippen molar-refractivity contribution >= 4 is 23.5 Å². The van der Waals surface area contributed by atoms with Crippen LogP contribution in [0, 0.1) is 0 Å². The molecule has 1 atom stereocenters. The maximum atomic E-state index is 10.5. The third-order valence-electron chi connectivity index (χ3n) is 1.74. The van der Waals surface area contributed by atoms with Gasteiger partial charge in [-0.2, -0.15) is 0 Å². The molecule has 0 aromatic rings. The van der Waals surface area contributed by atoms with E-state index < -0.39 is 23.0 Å². The molecule has 0 saturated carbocycles. The topological polar surface area (TPSA) is 127 Å². The Kier molecular flexibility index (Phi) is 4.82. The Labute approximate surface area is 85.8 Å². The van der Waals surface area contributed by atoms with Crippen LogP contribution in [-0.2, 0) is 9.59 Å². The highest BCUT2D eigenvalue weighted by molar-refractivity contribution is 6.23. The summed E-state index contributed by atoms with van der Waals surface area (Å²) in [5.74, 6) is -2.38. The molecule has 0 radical (unpaired) electrons. The molecule has 0 aliphatic rings. The number of hydrogen-bond donors (Lipinski definition) is 4. The van der Waals surface area contributed by atoms with Crippen LogP contribution in [0.3, 0.4) is 0 Å². The van der Waals surface area contributed by atoms with Gasteiger partial charge in [0.1, 0.15) is 0 Å². The normalized spacial score (nSPS) is 13.6. The van der Waals surface area contributed by atoms with Crippen LogP contribution < -0.4 is 11.5 Å². The van der Waals surface area contributed by atoms with Crippen LogP contribution >= 0.6 is 11.6 Å². The fourth-order valence-electron chi connectivity index (χ4n) is 0.805. The molecule has 0 amide bonds. The molecule has 82 valence electrons. The van der Waals surface area contributed by atoms with Gasteiger partial charge in [-0.25, -0.2) is 4.79 Å². The molecular formula is C7H13ClN2O4. The minimum Gasteiger partial charge on any atom is -0.481 e. The number of halogens is 1. The molecule has 0 aromatic heterocycles. The molecule has 1 unspecified atom stereocenters. The minimum atomic E-state index is -2.01. The van der Waals surface area contributed by atoms with E-state index in [-0.39, 0.29) is 19.3 Å². The van der Waals surface area contributed by atoms with E-state index in [1.54, 1.807) is 0 Å². The fourth-order valence-corrected chi connectivity index (χ4v) is 1.05. The van der Waals surface area contributed by atoms with Crippen LogP contribution in [0.25, 0.3) is 0 Å². The number of aliphatic carboxylic acids is 2. The van der Waals surface area contributed by atoms with Crippen molar-refractivity contribution in [2.24, 2.45) is 11.5 Å². The number of nitrogens with two attached hydrogens (primary N) is 2. The summed E-state index contributed by atoms with van der Waals surface area (Å²) >= 11 is 5.63. The van der Waals surface area contributed by atoms with Gasteiger partial charge in [-0.3, -0.25) is 4.79 Å². The fraction of sp³-hybridized carbons (Fsp3) is 0.714. The summed E-state index contributed by atoms with van der Waals surface area (Å²) < 4.78 is 0. The van der Waals surface area contributed by atoms with E-state index in [0.717, 1.165) is 0 Å². The molecular weight excluding hydrogens is 212 g/mol. The van der Waals surface area contributed by atoms with Gasteiger partial charge >= 0.3 is 11.9 Å². The molecule has 0 fully saturated rings. The lowest BCUT2D eigenvalue weighted by molar-refractivity contribution is -0.143. The number of hydrogen-bond acceptors (Lipinski definition) is 4. The predicted octanol–water partition coefficient (Wildman–Crippen LogP) is -0.453. The zero-order valence-corrected chi connectivity index (χ0v) is 8.20. The molecule has 6 N–H and O–H groups in total. The first-order valence-corrected chi connectivity index (χ1v) is 4.39. The summed E-state index contributed by atoms with van der Waals surface area (Å²) in [7, 11) is 0. The van der Waals surface area contributed by atoms with Crippen LogP contribution in [0.15, 0.2) is 0 Å². The van der Waals surface area contributed by atoms with Gasteiger partial charge in [-0.1, -0.05) is 0 Å². The summed E-state index contributed by atoms with van der Waals surface area (Å²) in [6.45, 7) is 0. The molecule has 0 rings (SSSR count). The molecule has 0 bridgehead atoms. The predicted molar refractivity (Wildman–Crippen MR) is 49.9 cm³/mol. The molecule has 6 nitrogen and oxygen atoms in total. The Morgan fingerprint density at radius 3 is 2.21 bits per heavy atom. The molecule has 0 aliphatic heterocycles. The highest BCUT2D eigenvalue weighted by atomic mass is 35.5. The Hall–Kier alpha value is -0.850. The number of rotatable bonds is 6. The first-order valence-electron chi connectivity index (χ1n) is 3.95. The lowest BCUT2D eigenvalue weighted by Gasteiger charge is -2.24. The lowest BCUT2D eigenvalue weighted by Crippen LogP contribution is -2.62. The van der Waals surface area contributed by atoms with Crippen LogP contribution in [0.5, 0.6) is 0 Å². The van der Waals surface area contributed by atoms with E-state index in [0.29, 0.717) is 0 Å². The zero-order chi connectivity index (χ0) is 11.4. The lowest BCUT2D eigenvalue weighted by atomic mass is 10.0. The second kappa shape index (κ2) is 5.14. The van der Waals surface area contributed by atoms with Gasteiger partial charge in [0.2, 0.25) is 0 Å². The van der Waals surface area contributed by atoms with Gasteiger partial charge < -0.3 is 21.7 Å². The first-order chi connectivity index (χ1) is 6.28. The van der Waals surface area contributed by atoms with E-state index >= 15 is 0 Å².